The van der Waals surface area contributed by atoms with Crippen molar-refractivity contribution in [1.82, 2.24) is 4.98 Å². The maximum atomic E-state index is 12.4. The fourth-order valence-electron chi connectivity index (χ4n) is 2.19. The molecule has 0 unspecified atom stereocenters. The molecule has 0 saturated carbocycles. The third-order valence-electron chi connectivity index (χ3n) is 3.32. The standard InChI is InChI=1S/C16H12BrClN2O/c1-9-4-2-3-5-12(9)20-16(21)15-14(18)11-8-10(17)6-7-13(11)19-15/h2-8,19H,1H3,(H,20,21). The Balaban J connectivity index is 1.99. The van der Waals surface area contributed by atoms with E-state index in [0.717, 1.165) is 26.6 Å². The van der Waals surface area contributed by atoms with Crippen LogP contribution in [0.25, 0.3) is 10.9 Å². The molecule has 1 aromatic heterocycles. The number of H-pyrrole nitrogens is 1. The van der Waals surface area contributed by atoms with Crippen LogP contribution in [-0.2, 0) is 0 Å². The van der Waals surface area contributed by atoms with Crippen molar-refractivity contribution in [2.45, 2.75) is 6.92 Å². The SMILES string of the molecule is Cc1ccccc1NC(=O)c1[nH]c2ccc(Br)cc2c1Cl. The van der Waals surface area contributed by atoms with E-state index in [1.165, 1.54) is 0 Å². The number of fused-ring (bicyclic) bond motifs is 1. The summed E-state index contributed by atoms with van der Waals surface area (Å²) >= 11 is 9.72. The van der Waals surface area contributed by atoms with E-state index in [1.54, 1.807) is 0 Å². The first kappa shape index (κ1) is 14.2. The minimum Gasteiger partial charge on any atom is -0.349 e. The highest BCUT2D eigenvalue weighted by atomic mass is 79.9. The van der Waals surface area contributed by atoms with Gasteiger partial charge in [-0.3, -0.25) is 4.79 Å². The second-order valence-corrected chi connectivity index (χ2v) is 6.07. The number of aryl methyl sites for hydroxylation is 1. The van der Waals surface area contributed by atoms with E-state index in [9.17, 15) is 4.79 Å². The van der Waals surface area contributed by atoms with Crippen molar-refractivity contribution < 1.29 is 4.79 Å². The van der Waals surface area contributed by atoms with Crippen LogP contribution in [0, 0.1) is 6.92 Å². The predicted octanol–water partition coefficient (Wildman–Crippen LogP) is 5.14. The molecule has 2 aromatic carbocycles. The number of carbonyl (C=O) groups excluding carboxylic acids is 1. The molecule has 0 spiro atoms. The van der Waals surface area contributed by atoms with Gasteiger partial charge in [0, 0.05) is 21.1 Å². The lowest BCUT2D eigenvalue weighted by molar-refractivity contribution is 0.102. The second-order valence-electron chi connectivity index (χ2n) is 4.77. The Morgan fingerprint density at radius 3 is 2.76 bits per heavy atom. The molecular weight excluding hydrogens is 352 g/mol. The lowest BCUT2D eigenvalue weighted by atomic mass is 10.2. The summed E-state index contributed by atoms with van der Waals surface area (Å²) in [5, 5.41) is 4.13. The molecule has 3 aromatic rings. The molecule has 3 rings (SSSR count). The molecule has 3 nitrogen and oxygen atoms in total. The lowest BCUT2D eigenvalue weighted by Crippen LogP contribution is -2.13. The smallest absolute Gasteiger partial charge is 0.273 e. The molecule has 0 radical (unpaired) electrons. The molecule has 0 fully saturated rings. The van der Waals surface area contributed by atoms with E-state index in [4.69, 9.17) is 11.6 Å². The molecule has 0 aliphatic rings. The highest BCUT2D eigenvalue weighted by molar-refractivity contribution is 9.10. The van der Waals surface area contributed by atoms with Gasteiger partial charge in [0.05, 0.1) is 5.02 Å². The molecular formula is C16H12BrClN2O. The topological polar surface area (TPSA) is 44.9 Å². The van der Waals surface area contributed by atoms with E-state index in [2.05, 4.69) is 26.2 Å². The van der Waals surface area contributed by atoms with Crippen LogP contribution in [-0.4, -0.2) is 10.9 Å². The van der Waals surface area contributed by atoms with E-state index in [0.29, 0.717) is 10.7 Å². The van der Waals surface area contributed by atoms with Crippen LogP contribution < -0.4 is 5.32 Å². The first-order chi connectivity index (χ1) is 10.1. The zero-order valence-electron chi connectivity index (χ0n) is 11.2. The summed E-state index contributed by atoms with van der Waals surface area (Å²) < 4.78 is 0.918. The van der Waals surface area contributed by atoms with Crippen LogP contribution in [0.2, 0.25) is 5.02 Å². The summed E-state index contributed by atoms with van der Waals surface area (Å²) in [4.78, 5) is 15.5. The Labute approximate surface area is 135 Å². The van der Waals surface area contributed by atoms with Gasteiger partial charge in [-0.1, -0.05) is 45.7 Å². The molecule has 106 valence electrons. The zero-order valence-corrected chi connectivity index (χ0v) is 13.5. The Hall–Kier alpha value is -1.78. The number of hydrogen-bond donors (Lipinski definition) is 2. The maximum Gasteiger partial charge on any atom is 0.273 e. The summed E-state index contributed by atoms with van der Waals surface area (Å²) in [5.74, 6) is -0.248. The van der Waals surface area contributed by atoms with Crippen LogP contribution in [0.3, 0.4) is 0 Å². The molecule has 5 heteroatoms. The van der Waals surface area contributed by atoms with Gasteiger partial charge in [0.15, 0.2) is 0 Å². The molecule has 0 atom stereocenters. The van der Waals surface area contributed by atoms with E-state index >= 15 is 0 Å². The van der Waals surface area contributed by atoms with Crippen molar-refractivity contribution in [2.24, 2.45) is 0 Å². The summed E-state index contributed by atoms with van der Waals surface area (Å²) in [6, 6.07) is 13.3. The van der Waals surface area contributed by atoms with Crippen molar-refractivity contribution in [1.29, 1.82) is 0 Å². The number of hydrogen-bond acceptors (Lipinski definition) is 1. The molecule has 0 aliphatic carbocycles. The van der Waals surface area contributed by atoms with E-state index in [1.807, 2.05) is 49.4 Å². The molecule has 2 N–H and O–H groups in total. The average molecular weight is 364 g/mol. The van der Waals surface area contributed by atoms with E-state index in [-0.39, 0.29) is 5.91 Å². The Bertz CT molecular complexity index is 841. The number of para-hydroxylation sites is 1. The van der Waals surface area contributed by atoms with Gasteiger partial charge in [0.1, 0.15) is 5.69 Å². The van der Waals surface area contributed by atoms with Crippen LogP contribution in [0.15, 0.2) is 46.9 Å². The Morgan fingerprint density at radius 1 is 1.24 bits per heavy atom. The van der Waals surface area contributed by atoms with Crippen LogP contribution >= 0.6 is 27.5 Å². The van der Waals surface area contributed by atoms with Crippen molar-refractivity contribution in [3.8, 4) is 0 Å². The third-order valence-corrected chi connectivity index (χ3v) is 4.20. The van der Waals surface area contributed by atoms with Gasteiger partial charge in [0.25, 0.3) is 5.91 Å². The zero-order chi connectivity index (χ0) is 15.0. The minimum absolute atomic E-state index is 0.248. The van der Waals surface area contributed by atoms with Gasteiger partial charge in [-0.25, -0.2) is 0 Å². The monoisotopic (exact) mass is 362 g/mol. The molecule has 21 heavy (non-hydrogen) atoms. The van der Waals surface area contributed by atoms with Crippen LogP contribution in [0.1, 0.15) is 16.1 Å². The lowest BCUT2D eigenvalue weighted by Gasteiger charge is -2.07. The first-order valence-corrected chi connectivity index (χ1v) is 7.57. The summed E-state index contributed by atoms with van der Waals surface area (Å²) in [6.07, 6.45) is 0. The largest absolute Gasteiger partial charge is 0.349 e. The predicted molar refractivity (Wildman–Crippen MR) is 90.1 cm³/mol. The minimum atomic E-state index is -0.248. The highest BCUT2D eigenvalue weighted by Crippen LogP contribution is 2.30. The Morgan fingerprint density at radius 2 is 2.00 bits per heavy atom. The van der Waals surface area contributed by atoms with Gasteiger partial charge in [-0.05, 0) is 36.8 Å². The summed E-state index contributed by atoms with van der Waals surface area (Å²) in [6.45, 7) is 1.94. The normalized spacial score (nSPS) is 10.8. The molecule has 0 saturated heterocycles. The first-order valence-electron chi connectivity index (χ1n) is 6.40. The number of aromatic nitrogens is 1. The third kappa shape index (κ3) is 2.69. The average Bonchev–Trinajstić information content (AvgIpc) is 2.79. The molecule has 1 amide bonds. The number of rotatable bonds is 2. The highest BCUT2D eigenvalue weighted by Gasteiger charge is 2.17. The number of carbonyl (C=O) groups is 1. The quantitative estimate of drug-likeness (QED) is 0.650. The van der Waals surface area contributed by atoms with Crippen molar-refractivity contribution in [3.05, 3.63) is 63.2 Å². The number of anilines is 1. The number of aromatic amines is 1. The van der Waals surface area contributed by atoms with Crippen LogP contribution in [0.4, 0.5) is 5.69 Å². The number of nitrogens with one attached hydrogen (secondary N) is 2. The number of amides is 1. The van der Waals surface area contributed by atoms with E-state index < -0.39 is 0 Å². The summed E-state index contributed by atoms with van der Waals surface area (Å²) in [5.41, 5.74) is 2.98. The van der Waals surface area contributed by atoms with Crippen LogP contribution in [0.5, 0.6) is 0 Å². The fourth-order valence-corrected chi connectivity index (χ4v) is 2.84. The van der Waals surface area contributed by atoms with Crippen molar-refractivity contribution in [3.63, 3.8) is 0 Å². The van der Waals surface area contributed by atoms with Crippen molar-refractivity contribution in [2.75, 3.05) is 5.32 Å². The second kappa shape index (κ2) is 5.54. The molecule has 0 aliphatic heterocycles. The van der Waals surface area contributed by atoms with Gasteiger partial charge >= 0.3 is 0 Å². The fraction of sp³-hybridized carbons (Fsp3) is 0.0625. The van der Waals surface area contributed by atoms with Gasteiger partial charge in [-0.2, -0.15) is 0 Å². The van der Waals surface area contributed by atoms with Crippen molar-refractivity contribution >= 4 is 50.0 Å². The van der Waals surface area contributed by atoms with Gasteiger partial charge < -0.3 is 10.3 Å². The molecule has 1 heterocycles. The Kier molecular flexibility index (Phi) is 3.74. The molecule has 0 bridgehead atoms. The summed E-state index contributed by atoms with van der Waals surface area (Å²) in [7, 11) is 0. The van der Waals surface area contributed by atoms with Gasteiger partial charge in [0.2, 0.25) is 0 Å². The van der Waals surface area contributed by atoms with Gasteiger partial charge in [-0.15, -0.1) is 0 Å². The number of halogens is 2. The number of benzene rings is 2. The maximum absolute atomic E-state index is 12.4.